The summed E-state index contributed by atoms with van der Waals surface area (Å²) in [7, 11) is 0. The van der Waals surface area contributed by atoms with Crippen molar-refractivity contribution in [3.63, 3.8) is 0 Å². The van der Waals surface area contributed by atoms with Crippen LogP contribution in [-0.2, 0) is 0 Å². The molecule has 78 valence electrons. The molecule has 1 heterocycles. The summed E-state index contributed by atoms with van der Waals surface area (Å²) in [6.45, 7) is 0.296. The summed E-state index contributed by atoms with van der Waals surface area (Å²) in [5.41, 5.74) is 1.99. The van der Waals surface area contributed by atoms with Gasteiger partial charge in [0.05, 0.1) is 5.71 Å². The van der Waals surface area contributed by atoms with Gasteiger partial charge in [-0.1, -0.05) is 11.2 Å². The second-order valence-corrected chi connectivity index (χ2v) is 3.80. The second-order valence-electron chi connectivity index (χ2n) is 3.80. The van der Waals surface area contributed by atoms with Gasteiger partial charge in [0.25, 0.3) is 0 Å². The van der Waals surface area contributed by atoms with E-state index in [1.807, 2.05) is 18.2 Å². The fourth-order valence-corrected chi connectivity index (χ4v) is 2.03. The zero-order valence-corrected chi connectivity index (χ0v) is 8.14. The first-order valence-electron chi connectivity index (χ1n) is 4.99. The number of rotatable bonds is 1. The third kappa shape index (κ3) is 1.25. The Bertz CT molecular complexity index is 428. The van der Waals surface area contributed by atoms with E-state index in [1.165, 1.54) is 0 Å². The zero-order valence-electron chi connectivity index (χ0n) is 8.14. The zero-order chi connectivity index (χ0) is 10.3. The van der Waals surface area contributed by atoms with Gasteiger partial charge in [-0.2, -0.15) is 0 Å². The van der Waals surface area contributed by atoms with Crippen LogP contribution in [0, 0.1) is 0 Å². The van der Waals surface area contributed by atoms with Crippen LogP contribution in [0.3, 0.4) is 0 Å². The van der Waals surface area contributed by atoms with Crippen molar-refractivity contribution in [2.45, 2.75) is 18.8 Å². The molecule has 1 aliphatic carbocycles. The van der Waals surface area contributed by atoms with E-state index in [2.05, 4.69) is 5.16 Å². The first-order chi connectivity index (χ1) is 7.38. The monoisotopic (exact) mass is 205 g/mol. The van der Waals surface area contributed by atoms with E-state index in [0.29, 0.717) is 6.79 Å². The van der Waals surface area contributed by atoms with Gasteiger partial charge in [0.2, 0.25) is 6.79 Å². The molecule has 3 rings (SSSR count). The van der Waals surface area contributed by atoms with E-state index < -0.39 is 0 Å². The lowest BCUT2D eigenvalue weighted by Crippen LogP contribution is -2.23. The summed E-state index contributed by atoms with van der Waals surface area (Å²) in [5, 5.41) is 12.0. The SMILES string of the molecule is O/N=C1/CCC1c1ccc2c(c1)OCO2. The minimum absolute atomic E-state index is 0.254. The number of hydrogen-bond acceptors (Lipinski definition) is 4. The highest BCUT2D eigenvalue weighted by atomic mass is 16.7. The largest absolute Gasteiger partial charge is 0.454 e. The van der Waals surface area contributed by atoms with E-state index in [9.17, 15) is 0 Å². The molecule has 0 radical (unpaired) electrons. The molecule has 1 N–H and O–H groups in total. The smallest absolute Gasteiger partial charge is 0.231 e. The maximum atomic E-state index is 8.74. The number of oxime groups is 1. The molecule has 1 aromatic rings. The van der Waals surface area contributed by atoms with Gasteiger partial charge < -0.3 is 14.7 Å². The van der Waals surface area contributed by atoms with Crippen LogP contribution >= 0.6 is 0 Å². The van der Waals surface area contributed by atoms with Crippen LogP contribution in [-0.4, -0.2) is 17.7 Å². The van der Waals surface area contributed by atoms with Crippen LogP contribution in [0.1, 0.15) is 24.3 Å². The highest BCUT2D eigenvalue weighted by molar-refractivity contribution is 5.95. The predicted octanol–water partition coefficient (Wildman–Crippen LogP) is 2.12. The van der Waals surface area contributed by atoms with Crippen molar-refractivity contribution in [3.05, 3.63) is 23.8 Å². The highest BCUT2D eigenvalue weighted by Crippen LogP contribution is 2.39. The predicted molar refractivity (Wildman–Crippen MR) is 53.8 cm³/mol. The normalized spacial score (nSPS) is 25.3. The van der Waals surface area contributed by atoms with Gasteiger partial charge in [0.1, 0.15) is 0 Å². The maximum Gasteiger partial charge on any atom is 0.231 e. The molecule has 2 aliphatic rings. The van der Waals surface area contributed by atoms with Crippen LogP contribution in [0.25, 0.3) is 0 Å². The quantitative estimate of drug-likeness (QED) is 0.564. The third-order valence-corrected chi connectivity index (χ3v) is 3.02. The minimum Gasteiger partial charge on any atom is -0.454 e. The van der Waals surface area contributed by atoms with E-state index >= 15 is 0 Å². The standard InChI is InChI=1S/C11H11NO3/c13-12-9-3-2-8(9)7-1-4-10-11(5-7)15-6-14-10/h1,4-5,8,13H,2-3,6H2/b12-9-. The fourth-order valence-electron chi connectivity index (χ4n) is 2.03. The summed E-state index contributed by atoms with van der Waals surface area (Å²) in [6.07, 6.45) is 1.93. The Morgan fingerprint density at radius 2 is 2.13 bits per heavy atom. The summed E-state index contributed by atoms with van der Waals surface area (Å²) in [4.78, 5) is 0. The fraction of sp³-hybridized carbons (Fsp3) is 0.364. The lowest BCUT2D eigenvalue weighted by atomic mass is 9.78. The number of benzene rings is 1. The Kier molecular flexibility index (Phi) is 1.80. The molecule has 1 fully saturated rings. The molecule has 0 spiro atoms. The molecular weight excluding hydrogens is 194 g/mol. The van der Waals surface area contributed by atoms with Gasteiger partial charge in [-0.05, 0) is 30.5 Å². The average molecular weight is 205 g/mol. The molecule has 1 atom stereocenters. The van der Waals surface area contributed by atoms with Crippen molar-refractivity contribution in [1.29, 1.82) is 0 Å². The van der Waals surface area contributed by atoms with Crippen molar-refractivity contribution in [1.82, 2.24) is 0 Å². The number of fused-ring (bicyclic) bond motifs is 1. The summed E-state index contributed by atoms with van der Waals surface area (Å²) in [5.74, 6) is 1.83. The molecule has 0 saturated heterocycles. The molecule has 4 heteroatoms. The molecule has 0 aromatic heterocycles. The van der Waals surface area contributed by atoms with Crippen LogP contribution in [0.5, 0.6) is 11.5 Å². The van der Waals surface area contributed by atoms with Gasteiger partial charge in [-0.15, -0.1) is 0 Å². The maximum absolute atomic E-state index is 8.74. The lowest BCUT2D eigenvalue weighted by molar-refractivity contribution is 0.174. The molecule has 15 heavy (non-hydrogen) atoms. The van der Waals surface area contributed by atoms with Gasteiger partial charge >= 0.3 is 0 Å². The van der Waals surface area contributed by atoms with Gasteiger partial charge in [-0.25, -0.2) is 0 Å². The Balaban J connectivity index is 1.93. The Morgan fingerprint density at radius 1 is 1.27 bits per heavy atom. The van der Waals surface area contributed by atoms with E-state index in [1.54, 1.807) is 0 Å². The molecular formula is C11H11NO3. The van der Waals surface area contributed by atoms with E-state index in [-0.39, 0.29) is 5.92 Å². The van der Waals surface area contributed by atoms with Crippen molar-refractivity contribution in [2.24, 2.45) is 5.16 Å². The number of nitrogens with zero attached hydrogens (tertiary/aromatic N) is 1. The van der Waals surface area contributed by atoms with Crippen molar-refractivity contribution in [3.8, 4) is 11.5 Å². The molecule has 1 aliphatic heterocycles. The van der Waals surface area contributed by atoms with E-state index in [0.717, 1.165) is 35.6 Å². The molecule has 1 aromatic carbocycles. The first kappa shape index (κ1) is 8.59. The van der Waals surface area contributed by atoms with Crippen LogP contribution in [0.15, 0.2) is 23.4 Å². The molecule has 4 nitrogen and oxygen atoms in total. The van der Waals surface area contributed by atoms with Crippen LogP contribution in [0.2, 0.25) is 0 Å². The lowest BCUT2D eigenvalue weighted by Gasteiger charge is -2.27. The van der Waals surface area contributed by atoms with Crippen LogP contribution < -0.4 is 9.47 Å². The summed E-state index contributed by atoms with van der Waals surface area (Å²) >= 11 is 0. The molecule has 0 bridgehead atoms. The molecule has 1 saturated carbocycles. The van der Waals surface area contributed by atoms with Crippen LogP contribution in [0.4, 0.5) is 0 Å². The summed E-state index contributed by atoms with van der Waals surface area (Å²) < 4.78 is 10.5. The number of hydrogen-bond donors (Lipinski definition) is 1. The van der Waals surface area contributed by atoms with E-state index in [4.69, 9.17) is 14.7 Å². The van der Waals surface area contributed by atoms with Crippen molar-refractivity contribution >= 4 is 5.71 Å². The van der Waals surface area contributed by atoms with Gasteiger partial charge in [0, 0.05) is 5.92 Å². The Hall–Kier alpha value is -1.71. The highest BCUT2D eigenvalue weighted by Gasteiger charge is 2.29. The number of ether oxygens (including phenoxy) is 2. The molecule has 1 unspecified atom stereocenters. The summed E-state index contributed by atoms with van der Waals surface area (Å²) in [6, 6.07) is 5.88. The Morgan fingerprint density at radius 3 is 2.87 bits per heavy atom. The Labute approximate surface area is 87.1 Å². The average Bonchev–Trinajstić information content (AvgIpc) is 2.64. The first-order valence-corrected chi connectivity index (χ1v) is 4.99. The van der Waals surface area contributed by atoms with Crippen molar-refractivity contribution in [2.75, 3.05) is 6.79 Å². The molecule has 0 amide bonds. The van der Waals surface area contributed by atoms with Crippen molar-refractivity contribution < 1.29 is 14.7 Å². The van der Waals surface area contributed by atoms with Gasteiger partial charge in [0.15, 0.2) is 11.5 Å². The second kappa shape index (κ2) is 3.15. The minimum atomic E-state index is 0.254. The third-order valence-electron chi connectivity index (χ3n) is 3.02. The topological polar surface area (TPSA) is 51.1 Å². The van der Waals surface area contributed by atoms with Gasteiger partial charge in [-0.3, -0.25) is 0 Å².